The van der Waals surface area contributed by atoms with Crippen LogP contribution in [0.5, 0.6) is 0 Å². The molecule has 0 fully saturated rings. The second-order valence-electron chi connectivity index (χ2n) is 8.94. The molecule has 0 aliphatic rings. The van der Waals surface area contributed by atoms with Crippen LogP contribution in [0.4, 0.5) is 0 Å². The van der Waals surface area contributed by atoms with Crippen LogP contribution in [0.1, 0.15) is 22.3 Å². The lowest BCUT2D eigenvalue weighted by Gasteiger charge is -2.32. The van der Waals surface area contributed by atoms with Gasteiger partial charge in [0.15, 0.2) is 0 Å². The molecule has 190 valence electrons. The molecular weight excluding hydrogens is 474 g/mol. The fraction of sp³-hybridized carbons (Fsp3) is 0.286. The van der Waals surface area contributed by atoms with Gasteiger partial charge in [0.2, 0.25) is 21.8 Å². The van der Waals surface area contributed by atoms with Gasteiger partial charge < -0.3 is 10.2 Å². The van der Waals surface area contributed by atoms with Crippen LogP contribution in [0.25, 0.3) is 0 Å². The van der Waals surface area contributed by atoms with E-state index in [9.17, 15) is 18.0 Å². The van der Waals surface area contributed by atoms with E-state index in [1.807, 2.05) is 91.9 Å². The van der Waals surface area contributed by atoms with Gasteiger partial charge in [0.25, 0.3) is 0 Å². The predicted octanol–water partition coefficient (Wildman–Crippen LogP) is 3.14. The highest BCUT2D eigenvalue weighted by Crippen LogP contribution is 2.16. The zero-order chi connectivity index (χ0) is 26.1. The van der Waals surface area contributed by atoms with E-state index in [0.29, 0.717) is 13.0 Å². The molecule has 1 unspecified atom stereocenters. The Kier molecular flexibility index (Phi) is 9.38. The van der Waals surface area contributed by atoms with Crippen LogP contribution in [0.2, 0.25) is 0 Å². The second-order valence-corrected chi connectivity index (χ2v) is 11.0. The number of nitrogens with one attached hydrogen (secondary N) is 1. The first-order valence-corrected chi connectivity index (χ1v) is 13.6. The van der Waals surface area contributed by atoms with Crippen molar-refractivity contribution in [2.75, 3.05) is 19.8 Å². The minimum atomic E-state index is -3.57. The molecule has 1 atom stereocenters. The van der Waals surface area contributed by atoms with Crippen LogP contribution >= 0.6 is 0 Å². The van der Waals surface area contributed by atoms with E-state index in [1.54, 1.807) is 0 Å². The Balaban J connectivity index is 1.92. The molecule has 8 heteroatoms. The molecule has 0 saturated carbocycles. The van der Waals surface area contributed by atoms with Crippen molar-refractivity contribution in [3.05, 3.63) is 107 Å². The summed E-state index contributed by atoms with van der Waals surface area (Å²) in [5.41, 5.74) is 3.82. The number of hydrogen-bond acceptors (Lipinski definition) is 4. The number of rotatable bonds is 11. The highest BCUT2D eigenvalue weighted by molar-refractivity contribution is 7.88. The van der Waals surface area contributed by atoms with Crippen molar-refractivity contribution in [1.29, 1.82) is 0 Å². The molecule has 0 saturated heterocycles. The average Bonchev–Trinajstić information content (AvgIpc) is 2.86. The van der Waals surface area contributed by atoms with Gasteiger partial charge in [-0.3, -0.25) is 9.59 Å². The van der Waals surface area contributed by atoms with E-state index in [0.717, 1.165) is 32.8 Å². The van der Waals surface area contributed by atoms with Crippen molar-refractivity contribution in [3.8, 4) is 0 Å². The lowest BCUT2D eigenvalue weighted by atomic mass is 10.0. The van der Waals surface area contributed by atoms with Crippen molar-refractivity contribution in [2.24, 2.45) is 0 Å². The maximum atomic E-state index is 13.6. The molecule has 0 aliphatic carbocycles. The van der Waals surface area contributed by atoms with Gasteiger partial charge in [0, 0.05) is 26.6 Å². The van der Waals surface area contributed by atoms with Crippen molar-refractivity contribution in [3.63, 3.8) is 0 Å². The number of aryl methyl sites for hydroxylation is 1. The molecule has 0 aliphatic heterocycles. The molecule has 3 aromatic rings. The molecule has 0 radical (unpaired) electrons. The van der Waals surface area contributed by atoms with E-state index in [-0.39, 0.29) is 19.0 Å². The summed E-state index contributed by atoms with van der Waals surface area (Å²) in [6.45, 7) is 2.13. The number of hydrogen-bond donors (Lipinski definition) is 1. The minimum Gasteiger partial charge on any atom is -0.350 e. The Morgan fingerprint density at radius 3 is 1.94 bits per heavy atom. The molecule has 0 spiro atoms. The van der Waals surface area contributed by atoms with Crippen LogP contribution in [0.15, 0.2) is 84.9 Å². The zero-order valence-electron chi connectivity index (χ0n) is 20.9. The van der Waals surface area contributed by atoms with Crippen molar-refractivity contribution in [1.82, 2.24) is 14.5 Å². The SMILES string of the molecule is Cc1ccc(CNC(=O)C(Cc2ccccc2)N(Cc2ccccc2)C(=O)CN(C)S(C)(=O)=O)cc1. The number of amides is 2. The molecule has 2 amide bonds. The summed E-state index contributed by atoms with van der Waals surface area (Å²) >= 11 is 0. The molecule has 0 bridgehead atoms. The van der Waals surface area contributed by atoms with E-state index in [2.05, 4.69) is 5.32 Å². The number of nitrogens with zero attached hydrogens (tertiary/aromatic N) is 2. The van der Waals surface area contributed by atoms with Crippen LogP contribution in [0.3, 0.4) is 0 Å². The van der Waals surface area contributed by atoms with Gasteiger partial charge in [-0.15, -0.1) is 0 Å². The van der Waals surface area contributed by atoms with Gasteiger partial charge in [-0.1, -0.05) is 90.5 Å². The first kappa shape index (κ1) is 27.1. The smallest absolute Gasteiger partial charge is 0.243 e. The quantitative estimate of drug-likeness (QED) is 0.432. The first-order chi connectivity index (χ1) is 17.1. The topological polar surface area (TPSA) is 86.8 Å². The lowest BCUT2D eigenvalue weighted by Crippen LogP contribution is -2.52. The maximum absolute atomic E-state index is 13.6. The highest BCUT2D eigenvalue weighted by atomic mass is 32.2. The third-order valence-corrected chi connectivity index (χ3v) is 7.24. The van der Waals surface area contributed by atoms with E-state index in [4.69, 9.17) is 0 Å². The average molecular weight is 508 g/mol. The highest BCUT2D eigenvalue weighted by Gasteiger charge is 2.31. The third-order valence-electron chi connectivity index (χ3n) is 5.98. The Bertz CT molecular complexity index is 1250. The summed E-state index contributed by atoms with van der Waals surface area (Å²) in [4.78, 5) is 28.5. The fourth-order valence-corrected chi connectivity index (χ4v) is 4.09. The number of benzene rings is 3. The second kappa shape index (κ2) is 12.5. The van der Waals surface area contributed by atoms with Crippen LogP contribution in [-0.4, -0.2) is 55.3 Å². The zero-order valence-corrected chi connectivity index (χ0v) is 21.7. The summed E-state index contributed by atoms with van der Waals surface area (Å²) < 4.78 is 25.0. The van der Waals surface area contributed by atoms with Crippen LogP contribution in [-0.2, 0) is 39.1 Å². The van der Waals surface area contributed by atoms with Crippen molar-refractivity contribution >= 4 is 21.8 Å². The number of carbonyl (C=O) groups excluding carboxylic acids is 2. The standard InChI is InChI=1S/C28H33N3O4S/c1-22-14-16-24(17-15-22)19-29-28(33)26(18-23-10-6-4-7-11-23)31(20-25-12-8-5-9-13-25)27(32)21-30(2)36(3,34)35/h4-17,26H,18-21H2,1-3H3,(H,29,33). The molecular formula is C28H33N3O4S. The Morgan fingerprint density at radius 1 is 0.833 bits per heavy atom. The molecule has 3 rings (SSSR count). The first-order valence-electron chi connectivity index (χ1n) is 11.8. The van der Waals surface area contributed by atoms with Gasteiger partial charge in [-0.25, -0.2) is 8.42 Å². The van der Waals surface area contributed by atoms with Gasteiger partial charge >= 0.3 is 0 Å². The number of likely N-dealkylation sites (N-methyl/N-ethyl adjacent to an activating group) is 1. The maximum Gasteiger partial charge on any atom is 0.243 e. The molecule has 36 heavy (non-hydrogen) atoms. The Labute approximate surface area is 213 Å². The van der Waals surface area contributed by atoms with Gasteiger partial charge in [-0.05, 0) is 23.6 Å². The molecule has 3 aromatic carbocycles. The third kappa shape index (κ3) is 8.03. The summed E-state index contributed by atoms with van der Waals surface area (Å²) in [5, 5.41) is 2.98. The predicted molar refractivity (Wildman–Crippen MR) is 141 cm³/mol. The van der Waals surface area contributed by atoms with E-state index < -0.39 is 22.0 Å². The largest absolute Gasteiger partial charge is 0.350 e. The van der Waals surface area contributed by atoms with Gasteiger partial charge in [0.1, 0.15) is 6.04 Å². The Hall–Kier alpha value is -3.49. The van der Waals surface area contributed by atoms with Crippen molar-refractivity contribution in [2.45, 2.75) is 32.5 Å². The molecule has 0 aromatic heterocycles. The van der Waals surface area contributed by atoms with Gasteiger partial charge in [-0.2, -0.15) is 4.31 Å². The summed E-state index contributed by atoms with van der Waals surface area (Å²) in [5.74, 6) is -0.746. The Morgan fingerprint density at radius 2 is 1.39 bits per heavy atom. The summed E-state index contributed by atoms with van der Waals surface area (Å²) in [7, 11) is -2.21. The van der Waals surface area contributed by atoms with Gasteiger partial charge in [0.05, 0.1) is 12.8 Å². The number of sulfonamides is 1. The normalized spacial score (nSPS) is 12.2. The summed E-state index contributed by atoms with van der Waals surface area (Å²) in [6.07, 6.45) is 1.35. The number of carbonyl (C=O) groups is 2. The van der Waals surface area contributed by atoms with E-state index in [1.165, 1.54) is 11.9 Å². The molecule has 0 heterocycles. The van der Waals surface area contributed by atoms with E-state index >= 15 is 0 Å². The van der Waals surface area contributed by atoms with Crippen LogP contribution < -0.4 is 5.32 Å². The monoisotopic (exact) mass is 507 g/mol. The minimum absolute atomic E-state index is 0.173. The van der Waals surface area contributed by atoms with Crippen LogP contribution in [0, 0.1) is 6.92 Å². The summed E-state index contributed by atoms with van der Waals surface area (Å²) in [6, 6.07) is 25.9. The molecule has 1 N–H and O–H groups in total. The molecule has 7 nitrogen and oxygen atoms in total. The fourth-order valence-electron chi connectivity index (χ4n) is 3.75. The lowest BCUT2D eigenvalue weighted by molar-refractivity contribution is -0.141. The van der Waals surface area contributed by atoms with Crippen molar-refractivity contribution < 1.29 is 18.0 Å².